The van der Waals surface area contributed by atoms with Gasteiger partial charge in [-0.1, -0.05) is 23.7 Å². The summed E-state index contributed by atoms with van der Waals surface area (Å²) in [6.45, 7) is 7.85. The summed E-state index contributed by atoms with van der Waals surface area (Å²) in [6, 6.07) is 1.46. The summed E-state index contributed by atoms with van der Waals surface area (Å²) < 4.78 is 25.0. The van der Waals surface area contributed by atoms with Gasteiger partial charge >= 0.3 is 7.12 Å². The van der Waals surface area contributed by atoms with Gasteiger partial charge in [-0.2, -0.15) is 0 Å². The molecule has 2 rings (SSSR count). The van der Waals surface area contributed by atoms with Gasteiger partial charge in [0, 0.05) is 5.56 Å². The van der Waals surface area contributed by atoms with Crippen LogP contribution in [0.15, 0.2) is 18.2 Å². The molecule has 3 nitrogen and oxygen atoms in total. The highest BCUT2D eigenvalue weighted by atomic mass is 35.5. The fraction of sp³-hybridized carbons (Fsp3) is 0.462. The molecule has 0 unspecified atom stereocenters. The topological polar surface area (TPSA) is 31.4 Å². The van der Waals surface area contributed by atoms with E-state index in [1.54, 1.807) is 12.1 Å². The highest BCUT2D eigenvalue weighted by Crippen LogP contribution is 2.37. The summed E-state index contributed by atoms with van der Waals surface area (Å²) in [4.78, 5) is 3.66. The van der Waals surface area contributed by atoms with Gasteiger partial charge in [0.15, 0.2) is 0 Å². The maximum atomic E-state index is 13.5. The van der Waals surface area contributed by atoms with Crippen molar-refractivity contribution in [3.63, 3.8) is 0 Å². The molecule has 1 aromatic heterocycles. The van der Waals surface area contributed by atoms with Crippen molar-refractivity contribution in [2.45, 2.75) is 38.9 Å². The smallest absolute Gasteiger partial charge is 0.400 e. The third kappa shape index (κ3) is 2.99. The van der Waals surface area contributed by atoms with Gasteiger partial charge < -0.3 is 9.31 Å². The van der Waals surface area contributed by atoms with E-state index in [0.29, 0.717) is 5.56 Å². The van der Waals surface area contributed by atoms with Crippen molar-refractivity contribution in [1.82, 2.24) is 4.98 Å². The van der Waals surface area contributed by atoms with Crippen molar-refractivity contribution < 1.29 is 13.7 Å². The monoisotopic (exact) mass is 283 g/mol. The molecule has 0 saturated carbocycles. The summed E-state index contributed by atoms with van der Waals surface area (Å²) in [5.74, 6) is 1.24. The molecule has 2 heterocycles. The molecule has 0 bridgehead atoms. The Morgan fingerprint density at radius 2 is 1.84 bits per heavy atom. The first-order chi connectivity index (χ1) is 8.71. The van der Waals surface area contributed by atoms with Crippen LogP contribution in [0.1, 0.15) is 33.3 Å². The Labute approximate surface area is 117 Å². The molecular formula is C13H16BClFNO2. The molecule has 0 N–H and O–H groups in total. The number of hydrogen-bond donors (Lipinski definition) is 0. The lowest BCUT2D eigenvalue weighted by Crippen LogP contribution is -2.41. The van der Waals surface area contributed by atoms with Crippen molar-refractivity contribution in [3.05, 3.63) is 34.8 Å². The average molecular weight is 284 g/mol. The number of aromatic nitrogens is 1. The number of hydrogen-bond acceptors (Lipinski definition) is 3. The van der Waals surface area contributed by atoms with Crippen LogP contribution in [0, 0.1) is 5.82 Å². The van der Waals surface area contributed by atoms with Crippen LogP contribution in [0.4, 0.5) is 4.39 Å². The predicted molar refractivity (Wildman–Crippen MR) is 74.3 cm³/mol. The van der Waals surface area contributed by atoms with Crippen LogP contribution in [-0.2, 0) is 9.31 Å². The molecule has 6 heteroatoms. The molecule has 1 aliphatic heterocycles. The maximum Gasteiger partial charge on any atom is 0.487 e. The van der Waals surface area contributed by atoms with Gasteiger partial charge in [0.2, 0.25) is 0 Å². The van der Waals surface area contributed by atoms with Crippen molar-refractivity contribution in [2.24, 2.45) is 0 Å². The van der Waals surface area contributed by atoms with Crippen LogP contribution in [0.5, 0.6) is 0 Å². The molecular weight excluding hydrogens is 267 g/mol. The standard InChI is InChI=1S/C13H16BClFNO2/c1-12(2)13(3,4)19-14(18-12)6-5-9-7-11(15)17-8-10(9)16/h5-8H,1-4H3/b6-5+. The molecule has 19 heavy (non-hydrogen) atoms. The van der Waals surface area contributed by atoms with Crippen molar-refractivity contribution >= 4 is 24.8 Å². The zero-order valence-electron chi connectivity index (χ0n) is 11.4. The van der Waals surface area contributed by atoms with E-state index in [-0.39, 0.29) is 5.15 Å². The second kappa shape index (κ2) is 4.89. The minimum absolute atomic E-state index is 0.245. The quantitative estimate of drug-likeness (QED) is 0.615. The van der Waals surface area contributed by atoms with Crippen LogP contribution in [0.2, 0.25) is 5.15 Å². The van der Waals surface area contributed by atoms with E-state index in [2.05, 4.69) is 4.98 Å². The second-order valence-corrected chi connectivity index (χ2v) is 5.90. The minimum Gasteiger partial charge on any atom is -0.400 e. The van der Waals surface area contributed by atoms with Gasteiger partial charge in [-0.25, -0.2) is 9.37 Å². The number of nitrogens with zero attached hydrogens (tertiary/aromatic N) is 1. The zero-order chi connectivity index (χ0) is 14.3. The molecule has 0 aromatic carbocycles. The average Bonchev–Trinajstić information content (AvgIpc) is 2.49. The van der Waals surface area contributed by atoms with Gasteiger partial charge in [-0.3, -0.25) is 0 Å². The fourth-order valence-corrected chi connectivity index (χ4v) is 1.87. The number of pyridine rings is 1. The van der Waals surface area contributed by atoms with E-state index in [0.717, 1.165) is 6.20 Å². The Balaban J connectivity index is 2.15. The summed E-state index contributed by atoms with van der Waals surface area (Å²) >= 11 is 5.73. The first-order valence-corrected chi connectivity index (χ1v) is 6.44. The van der Waals surface area contributed by atoms with Crippen LogP contribution in [0.3, 0.4) is 0 Å². The Morgan fingerprint density at radius 3 is 2.42 bits per heavy atom. The van der Waals surface area contributed by atoms with E-state index in [4.69, 9.17) is 20.9 Å². The maximum absolute atomic E-state index is 13.5. The molecule has 1 saturated heterocycles. The molecule has 1 aliphatic rings. The third-order valence-corrected chi connectivity index (χ3v) is 3.76. The predicted octanol–water partition coefficient (Wildman–Crippen LogP) is 3.52. The summed E-state index contributed by atoms with van der Waals surface area (Å²) in [6.07, 6.45) is 2.68. The molecule has 1 fully saturated rings. The molecule has 0 atom stereocenters. The lowest BCUT2D eigenvalue weighted by Gasteiger charge is -2.32. The van der Waals surface area contributed by atoms with Crippen LogP contribution < -0.4 is 0 Å². The Bertz CT molecular complexity index is 503. The zero-order valence-corrected chi connectivity index (χ0v) is 12.2. The van der Waals surface area contributed by atoms with E-state index in [9.17, 15) is 4.39 Å². The Kier molecular flexibility index (Phi) is 3.73. The van der Waals surface area contributed by atoms with E-state index in [1.165, 1.54) is 6.07 Å². The Morgan fingerprint density at radius 1 is 1.26 bits per heavy atom. The summed E-state index contributed by atoms with van der Waals surface area (Å²) in [5, 5.41) is 0.245. The van der Waals surface area contributed by atoms with Gasteiger partial charge in [-0.15, -0.1) is 0 Å². The molecule has 102 valence electrons. The molecule has 1 aromatic rings. The van der Waals surface area contributed by atoms with E-state index < -0.39 is 24.1 Å². The molecule has 0 aliphatic carbocycles. The summed E-state index contributed by atoms with van der Waals surface area (Å²) in [5.41, 5.74) is -0.456. The minimum atomic E-state index is -0.503. The van der Waals surface area contributed by atoms with Crippen molar-refractivity contribution in [3.8, 4) is 0 Å². The normalized spacial score (nSPS) is 21.3. The van der Waals surface area contributed by atoms with Gasteiger partial charge in [0.05, 0.1) is 17.4 Å². The number of halogens is 2. The lowest BCUT2D eigenvalue weighted by molar-refractivity contribution is 0.00578. The van der Waals surface area contributed by atoms with Gasteiger partial charge in [0.25, 0.3) is 0 Å². The van der Waals surface area contributed by atoms with Gasteiger partial charge in [0.1, 0.15) is 11.0 Å². The van der Waals surface area contributed by atoms with Crippen molar-refractivity contribution in [1.29, 1.82) is 0 Å². The fourth-order valence-electron chi connectivity index (χ4n) is 1.70. The first-order valence-electron chi connectivity index (χ1n) is 6.06. The molecule has 0 spiro atoms. The molecule has 0 amide bonds. The third-order valence-electron chi connectivity index (χ3n) is 3.56. The molecule has 0 radical (unpaired) electrons. The highest BCUT2D eigenvalue weighted by Gasteiger charge is 2.49. The van der Waals surface area contributed by atoms with Crippen molar-refractivity contribution in [2.75, 3.05) is 0 Å². The van der Waals surface area contributed by atoms with Crippen LogP contribution in [-0.4, -0.2) is 23.3 Å². The van der Waals surface area contributed by atoms with E-state index >= 15 is 0 Å². The van der Waals surface area contributed by atoms with Gasteiger partial charge in [-0.05, 0) is 33.8 Å². The summed E-state index contributed by atoms with van der Waals surface area (Å²) in [7, 11) is -0.503. The largest absolute Gasteiger partial charge is 0.487 e. The Hall–Kier alpha value is -0.905. The van der Waals surface area contributed by atoms with E-state index in [1.807, 2.05) is 27.7 Å². The second-order valence-electron chi connectivity index (χ2n) is 5.51. The lowest BCUT2D eigenvalue weighted by atomic mass is 9.89. The van der Waals surface area contributed by atoms with Crippen LogP contribution in [0.25, 0.3) is 6.08 Å². The SMILES string of the molecule is CC1(C)OB(/C=C/c2cc(Cl)ncc2F)OC1(C)C. The highest BCUT2D eigenvalue weighted by molar-refractivity contribution is 6.52. The number of rotatable bonds is 2. The van der Waals surface area contributed by atoms with Crippen LogP contribution >= 0.6 is 11.6 Å². The first kappa shape index (κ1) is 14.5.